The molecule has 1 unspecified atom stereocenters. The molecule has 0 bridgehead atoms. The van der Waals surface area contributed by atoms with E-state index in [1.54, 1.807) is 24.3 Å². The van der Waals surface area contributed by atoms with E-state index in [1.165, 1.54) is 6.07 Å². The Balaban J connectivity index is 2.23. The first-order valence-electron chi connectivity index (χ1n) is 5.96. The molecular formula is C15H12BrFN2O. The van der Waals surface area contributed by atoms with Gasteiger partial charge in [0.25, 0.3) is 0 Å². The number of hydrogen-bond donors (Lipinski definition) is 2. The van der Waals surface area contributed by atoms with Gasteiger partial charge in [0.15, 0.2) is 0 Å². The van der Waals surface area contributed by atoms with Crippen molar-refractivity contribution in [3.05, 3.63) is 57.8 Å². The predicted octanol–water partition coefficient (Wildman–Crippen LogP) is 4.34. The van der Waals surface area contributed by atoms with Gasteiger partial charge in [0.05, 0.1) is 17.7 Å². The third kappa shape index (κ3) is 3.09. The van der Waals surface area contributed by atoms with Crippen LogP contribution in [0.4, 0.5) is 10.1 Å². The summed E-state index contributed by atoms with van der Waals surface area (Å²) in [6.07, 6.45) is 0. The lowest BCUT2D eigenvalue weighted by atomic mass is 10.1. The van der Waals surface area contributed by atoms with Crippen molar-refractivity contribution in [3.8, 4) is 11.8 Å². The standard InChI is InChI=1S/C15H12BrFN2O/c1-9(12-4-3-11(17)7-15(12)20)19-14-5-2-10(8-18)6-13(14)16/h2-7,9,19-20H,1H3. The fraction of sp³-hybridized carbons (Fsp3) is 0.133. The lowest BCUT2D eigenvalue weighted by Gasteiger charge is -2.18. The third-order valence-corrected chi connectivity index (χ3v) is 3.59. The van der Waals surface area contributed by atoms with E-state index in [0.29, 0.717) is 11.1 Å². The molecule has 0 heterocycles. The maximum Gasteiger partial charge on any atom is 0.126 e. The highest BCUT2D eigenvalue weighted by Crippen LogP contribution is 2.31. The molecular weight excluding hydrogens is 323 g/mol. The van der Waals surface area contributed by atoms with Gasteiger partial charge in [-0.1, -0.05) is 6.07 Å². The van der Waals surface area contributed by atoms with Crippen molar-refractivity contribution in [2.24, 2.45) is 0 Å². The minimum Gasteiger partial charge on any atom is -0.507 e. The molecule has 0 fully saturated rings. The molecule has 1 atom stereocenters. The normalized spacial score (nSPS) is 11.7. The SMILES string of the molecule is CC(Nc1ccc(C#N)cc1Br)c1ccc(F)cc1O. The average Bonchev–Trinajstić information content (AvgIpc) is 2.40. The molecule has 0 aliphatic carbocycles. The molecule has 0 spiro atoms. The molecule has 0 saturated carbocycles. The summed E-state index contributed by atoms with van der Waals surface area (Å²) in [4.78, 5) is 0. The van der Waals surface area contributed by atoms with Crippen LogP contribution >= 0.6 is 15.9 Å². The van der Waals surface area contributed by atoms with Crippen molar-refractivity contribution in [2.45, 2.75) is 13.0 Å². The maximum absolute atomic E-state index is 13.0. The van der Waals surface area contributed by atoms with Crippen LogP contribution in [0.3, 0.4) is 0 Å². The van der Waals surface area contributed by atoms with E-state index in [4.69, 9.17) is 5.26 Å². The zero-order valence-electron chi connectivity index (χ0n) is 10.7. The fourth-order valence-electron chi connectivity index (χ4n) is 1.90. The number of halogens is 2. The summed E-state index contributed by atoms with van der Waals surface area (Å²) < 4.78 is 13.7. The smallest absolute Gasteiger partial charge is 0.126 e. The summed E-state index contributed by atoms with van der Waals surface area (Å²) in [6.45, 7) is 1.86. The topological polar surface area (TPSA) is 56.0 Å². The Morgan fingerprint density at radius 1 is 1.30 bits per heavy atom. The van der Waals surface area contributed by atoms with E-state index >= 15 is 0 Å². The highest BCUT2D eigenvalue weighted by atomic mass is 79.9. The molecule has 5 heteroatoms. The minimum atomic E-state index is -0.474. The summed E-state index contributed by atoms with van der Waals surface area (Å²) in [5.74, 6) is -0.562. The van der Waals surface area contributed by atoms with Crippen LogP contribution in [0.1, 0.15) is 24.1 Å². The van der Waals surface area contributed by atoms with E-state index in [-0.39, 0.29) is 11.8 Å². The number of phenols is 1. The molecule has 20 heavy (non-hydrogen) atoms. The third-order valence-electron chi connectivity index (χ3n) is 2.93. The maximum atomic E-state index is 13.0. The average molecular weight is 335 g/mol. The van der Waals surface area contributed by atoms with Crippen LogP contribution in [0, 0.1) is 17.1 Å². The summed E-state index contributed by atoms with van der Waals surface area (Å²) in [5, 5.41) is 21.8. The van der Waals surface area contributed by atoms with Gasteiger partial charge >= 0.3 is 0 Å². The summed E-state index contributed by atoms with van der Waals surface area (Å²) in [6, 6.07) is 11.0. The van der Waals surface area contributed by atoms with Crippen LogP contribution in [0.2, 0.25) is 0 Å². The second-order valence-corrected chi connectivity index (χ2v) is 5.23. The second-order valence-electron chi connectivity index (χ2n) is 4.38. The van der Waals surface area contributed by atoms with Gasteiger partial charge in [0.2, 0.25) is 0 Å². The monoisotopic (exact) mass is 334 g/mol. The molecule has 0 radical (unpaired) electrons. The number of nitrogens with one attached hydrogen (secondary N) is 1. The first kappa shape index (κ1) is 14.4. The fourth-order valence-corrected chi connectivity index (χ4v) is 2.39. The van der Waals surface area contributed by atoms with E-state index in [1.807, 2.05) is 6.92 Å². The van der Waals surface area contributed by atoms with Crippen LogP contribution in [0.25, 0.3) is 0 Å². The lowest BCUT2D eigenvalue weighted by Crippen LogP contribution is -2.07. The number of nitriles is 1. The Labute approximate surface area is 124 Å². The molecule has 102 valence electrons. The quantitative estimate of drug-likeness (QED) is 0.877. The highest BCUT2D eigenvalue weighted by molar-refractivity contribution is 9.10. The Hall–Kier alpha value is -2.06. The molecule has 2 aromatic rings. The van der Waals surface area contributed by atoms with Crippen LogP contribution in [-0.4, -0.2) is 5.11 Å². The number of rotatable bonds is 3. The molecule has 2 N–H and O–H groups in total. The van der Waals surface area contributed by atoms with Gasteiger partial charge in [-0.15, -0.1) is 0 Å². The van der Waals surface area contributed by atoms with Crippen molar-refractivity contribution in [3.63, 3.8) is 0 Å². The Kier molecular flexibility index (Phi) is 4.26. The van der Waals surface area contributed by atoms with Crippen LogP contribution < -0.4 is 5.32 Å². The van der Waals surface area contributed by atoms with Crippen molar-refractivity contribution >= 4 is 21.6 Å². The van der Waals surface area contributed by atoms with Gasteiger partial charge in [-0.25, -0.2) is 4.39 Å². The van der Waals surface area contributed by atoms with Gasteiger partial charge in [0, 0.05) is 21.8 Å². The number of hydrogen-bond acceptors (Lipinski definition) is 3. The number of nitrogens with zero attached hydrogens (tertiary/aromatic N) is 1. The number of benzene rings is 2. The van der Waals surface area contributed by atoms with Gasteiger partial charge < -0.3 is 10.4 Å². The Morgan fingerprint density at radius 3 is 2.65 bits per heavy atom. The molecule has 0 aliphatic heterocycles. The molecule has 2 rings (SSSR count). The van der Waals surface area contributed by atoms with Crippen LogP contribution in [0.5, 0.6) is 5.75 Å². The predicted molar refractivity (Wildman–Crippen MR) is 79.0 cm³/mol. The van der Waals surface area contributed by atoms with E-state index < -0.39 is 5.82 Å². The first-order valence-corrected chi connectivity index (χ1v) is 6.75. The zero-order chi connectivity index (χ0) is 14.7. The van der Waals surface area contributed by atoms with Crippen LogP contribution in [0.15, 0.2) is 40.9 Å². The number of phenolic OH excluding ortho intramolecular Hbond substituents is 1. The van der Waals surface area contributed by atoms with E-state index in [9.17, 15) is 9.50 Å². The van der Waals surface area contributed by atoms with Crippen LogP contribution in [-0.2, 0) is 0 Å². The van der Waals surface area contributed by atoms with Crippen molar-refractivity contribution < 1.29 is 9.50 Å². The molecule has 0 amide bonds. The second kappa shape index (κ2) is 5.93. The molecule has 3 nitrogen and oxygen atoms in total. The van der Waals surface area contributed by atoms with Gasteiger partial charge in [-0.05, 0) is 47.1 Å². The highest BCUT2D eigenvalue weighted by Gasteiger charge is 2.12. The van der Waals surface area contributed by atoms with Gasteiger partial charge in [-0.3, -0.25) is 0 Å². The number of aromatic hydroxyl groups is 1. The molecule has 0 aliphatic rings. The van der Waals surface area contributed by atoms with E-state index in [2.05, 4.69) is 27.3 Å². The van der Waals surface area contributed by atoms with Gasteiger partial charge in [0.1, 0.15) is 11.6 Å². The Bertz CT molecular complexity index is 682. The summed E-state index contributed by atoms with van der Waals surface area (Å²) >= 11 is 3.38. The van der Waals surface area contributed by atoms with Crippen molar-refractivity contribution in [2.75, 3.05) is 5.32 Å². The van der Waals surface area contributed by atoms with Crippen molar-refractivity contribution in [1.29, 1.82) is 5.26 Å². The molecule has 0 aromatic heterocycles. The molecule has 0 saturated heterocycles. The number of anilines is 1. The largest absolute Gasteiger partial charge is 0.507 e. The first-order chi connectivity index (χ1) is 9.51. The van der Waals surface area contributed by atoms with E-state index in [0.717, 1.165) is 16.2 Å². The minimum absolute atomic E-state index is 0.0882. The molecule has 2 aromatic carbocycles. The summed E-state index contributed by atoms with van der Waals surface area (Å²) in [7, 11) is 0. The summed E-state index contributed by atoms with van der Waals surface area (Å²) in [5.41, 5.74) is 1.95. The Morgan fingerprint density at radius 2 is 2.05 bits per heavy atom. The zero-order valence-corrected chi connectivity index (χ0v) is 12.3. The van der Waals surface area contributed by atoms with Gasteiger partial charge in [-0.2, -0.15) is 5.26 Å². The lowest BCUT2D eigenvalue weighted by molar-refractivity contribution is 0.459. The van der Waals surface area contributed by atoms with Crippen molar-refractivity contribution in [1.82, 2.24) is 0 Å².